The third kappa shape index (κ3) is 6.34. The monoisotopic (exact) mass is 378 g/mol. The molecule has 25 heavy (non-hydrogen) atoms. The zero-order valence-corrected chi connectivity index (χ0v) is 15.4. The van der Waals surface area contributed by atoms with Gasteiger partial charge < -0.3 is 14.9 Å². The van der Waals surface area contributed by atoms with Gasteiger partial charge in [-0.15, -0.1) is 17.2 Å². The van der Waals surface area contributed by atoms with E-state index in [4.69, 9.17) is 0 Å². The molecule has 133 valence electrons. The summed E-state index contributed by atoms with van der Waals surface area (Å²) in [6.45, 7) is 4.38. The zero-order chi connectivity index (χ0) is 17.4. The van der Waals surface area contributed by atoms with Crippen molar-refractivity contribution in [2.24, 2.45) is 0 Å². The van der Waals surface area contributed by atoms with E-state index >= 15 is 0 Å². The predicted octanol–water partition coefficient (Wildman–Crippen LogP) is 3.40. The van der Waals surface area contributed by atoms with Gasteiger partial charge in [-0.25, -0.2) is 12.1 Å². The predicted molar refractivity (Wildman–Crippen MR) is 95.3 cm³/mol. The first-order chi connectivity index (χ1) is 11.6. The van der Waals surface area contributed by atoms with E-state index in [0.717, 1.165) is 5.56 Å². The fraction of sp³-hybridized carbons (Fsp3) is 0.190. The van der Waals surface area contributed by atoms with Crippen LogP contribution in [0.1, 0.15) is 19.4 Å². The third-order valence-corrected chi connectivity index (χ3v) is 3.81. The maximum absolute atomic E-state index is 12.0. The fourth-order valence-electron chi connectivity index (χ4n) is 2.23. The Kier molecular flexibility index (Phi) is 8.92. The van der Waals surface area contributed by atoms with E-state index in [1.807, 2.05) is 60.7 Å². The first kappa shape index (κ1) is 20.9. The van der Waals surface area contributed by atoms with Gasteiger partial charge in [-0.05, 0) is 5.56 Å². The van der Waals surface area contributed by atoms with E-state index < -0.39 is 0 Å². The van der Waals surface area contributed by atoms with Crippen LogP contribution in [0.15, 0.2) is 77.4 Å². The van der Waals surface area contributed by atoms with Crippen LogP contribution in [-0.2, 0) is 32.9 Å². The van der Waals surface area contributed by atoms with Crippen LogP contribution in [0.2, 0.25) is 0 Å². The summed E-state index contributed by atoms with van der Waals surface area (Å²) in [6, 6.07) is 19.9. The van der Waals surface area contributed by atoms with Crippen LogP contribution in [0, 0.1) is 6.08 Å². The van der Waals surface area contributed by atoms with Crippen LogP contribution in [0.25, 0.3) is 0 Å². The van der Waals surface area contributed by atoms with Gasteiger partial charge in [-0.1, -0.05) is 49.8 Å². The molecule has 0 aliphatic heterocycles. The number of nitrogens with one attached hydrogen (secondary N) is 1. The van der Waals surface area contributed by atoms with E-state index in [1.54, 1.807) is 13.8 Å². The van der Waals surface area contributed by atoms with Crippen LogP contribution >= 0.6 is 0 Å². The van der Waals surface area contributed by atoms with Crippen LogP contribution in [0.3, 0.4) is 0 Å². The summed E-state index contributed by atoms with van der Waals surface area (Å²) >= 11 is 0. The van der Waals surface area contributed by atoms with Gasteiger partial charge in [-0.2, -0.15) is 18.2 Å². The summed E-state index contributed by atoms with van der Waals surface area (Å²) in [6.07, 6.45) is 2.64. The summed E-state index contributed by atoms with van der Waals surface area (Å²) in [7, 11) is 0. The van der Waals surface area contributed by atoms with Crippen LogP contribution < -0.4 is 5.32 Å². The van der Waals surface area contributed by atoms with Gasteiger partial charge in [0.2, 0.25) is 0 Å². The molecule has 0 amide bonds. The number of carbonyl (C=O) groups excluding carboxylic acids is 2. The Morgan fingerprint density at radius 3 is 2.12 bits per heavy atom. The maximum Gasteiger partial charge on any atom is 0.0720 e. The van der Waals surface area contributed by atoms with Crippen molar-refractivity contribution in [2.45, 2.75) is 20.4 Å². The van der Waals surface area contributed by atoms with Gasteiger partial charge in [0.05, 0.1) is 11.6 Å². The number of benzene rings is 1. The Bertz CT molecular complexity index is 726. The van der Waals surface area contributed by atoms with Gasteiger partial charge in [-0.3, -0.25) is 0 Å². The Balaban J connectivity index is 0.000000448. The number of hydrogen-bond donors (Lipinski definition) is 1. The summed E-state index contributed by atoms with van der Waals surface area (Å²) in [5.41, 5.74) is 2.59. The molecule has 2 aromatic carbocycles. The molecule has 3 nitrogen and oxygen atoms in total. The van der Waals surface area contributed by atoms with Crippen molar-refractivity contribution in [2.75, 3.05) is 6.54 Å². The van der Waals surface area contributed by atoms with E-state index in [9.17, 15) is 9.59 Å². The Labute approximate surface area is 159 Å². The zero-order valence-electron chi connectivity index (χ0n) is 14.3. The minimum absolute atomic E-state index is 0. The smallest absolute Gasteiger partial charge is 0.0720 e. The van der Waals surface area contributed by atoms with Gasteiger partial charge in [0.15, 0.2) is 0 Å². The van der Waals surface area contributed by atoms with Crippen molar-refractivity contribution in [1.82, 2.24) is 5.32 Å². The van der Waals surface area contributed by atoms with Crippen molar-refractivity contribution in [3.8, 4) is 0 Å². The Hall–Kier alpha value is -2.14. The average Bonchev–Trinajstić information content (AvgIpc) is 3.18. The molecule has 0 saturated carbocycles. The Morgan fingerprint density at radius 1 is 0.920 bits per heavy atom. The topological polar surface area (TPSA) is 46.2 Å². The standard InChI is InChI=1S/C16H16NO2.C5H5.Co/c1-11-12(2)16(19)14(8-15(11)18)10-17-9-13-6-4-3-5-7-13;1-2-4-5-3-1;/h3-7,17H,9-10H2,1-2H3;1-5H;/q2*-1;. The molecule has 3 rings (SSSR count). The number of hydrogen-bond acceptors (Lipinski definition) is 3. The number of rotatable bonds is 4. The van der Waals surface area contributed by atoms with Crippen LogP contribution in [-0.4, -0.2) is 18.1 Å². The van der Waals surface area contributed by atoms with Crippen molar-refractivity contribution >= 4 is 11.6 Å². The molecule has 4 heteroatoms. The normalized spacial score (nSPS) is 13.6. The van der Waals surface area contributed by atoms with E-state index in [0.29, 0.717) is 29.8 Å². The Morgan fingerprint density at radius 2 is 1.56 bits per heavy atom. The summed E-state index contributed by atoms with van der Waals surface area (Å²) in [5.74, 6) is -0.272. The molecule has 0 aromatic heterocycles. The molecule has 0 spiro atoms. The van der Waals surface area contributed by atoms with E-state index in [2.05, 4.69) is 11.4 Å². The number of ketones is 2. The molecule has 0 bridgehead atoms. The molecule has 1 radical (unpaired) electrons. The molecular weight excluding hydrogens is 357 g/mol. The second-order valence-corrected chi connectivity index (χ2v) is 5.56. The van der Waals surface area contributed by atoms with Gasteiger partial charge in [0.1, 0.15) is 0 Å². The van der Waals surface area contributed by atoms with Gasteiger partial charge in [0, 0.05) is 29.9 Å². The third-order valence-electron chi connectivity index (χ3n) is 3.81. The average molecular weight is 378 g/mol. The van der Waals surface area contributed by atoms with Crippen LogP contribution in [0.4, 0.5) is 0 Å². The maximum atomic E-state index is 12.0. The fourth-order valence-corrected chi connectivity index (χ4v) is 2.23. The number of allylic oxidation sites excluding steroid dienone is 3. The van der Waals surface area contributed by atoms with Gasteiger partial charge in [0.25, 0.3) is 0 Å². The quantitative estimate of drug-likeness (QED) is 0.655. The molecule has 0 heterocycles. The molecular formula is C21H21CoNO2-2. The molecule has 0 unspecified atom stereocenters. The summed E-state index contributed by atoms with van der Waals surface area (Å²) < 4.78 is 0. The second kappa shape index (κ2) is 10.7. The van der Waals surface area contributed by atoms with E-state index in [-0.39, 0.29) is 28.3 Å². The van der Waals surface area contributed by atoms with Crippen molar-refractivity contribution in [1.29, 1.82) is 0 Å². The molecule has 0 fully saturated rings. The van der Waals surface area contributed by atoms with E-state index in [1.165, 1.54) is 0 Å². The van der Waals surface area contributed by atoms with Crippen molar-refractivity contribution in [3.05, 3.63) is 89.0 Å². The molecule has 1 N–H and O–H groups in total. The number of carbonyl (C=O) groups is 2. The summed E-state index contributed by atoms with van der Waals surface area (Å²) in [5, 5.41) is 3.16. The minimum atomic E-state index is -0.186. The minimum Gasteiger partial charge on any atom is -0.366 e. The van der Waals surface area contributed by atoms with Gasteiger partial charge >= 0.3 is 0 Å². The molecule has 0 saturated heterocycles. The molecule has 0 atom stereocenters. The largest absolute Gasteiger partial charge is 0.366 e. The summed E-state index contributed by atoms with van der Waals surface area (Å²) in [4.78, 5) is 23.6. The molecule has 1 aliphatic carbocycles. The first-order valence-electron chi connectivity index (χ1n) is 7.90. The van der Waals surface area contributed by atoms with Crippen molar-refractivity contribution < 1.29 is 26.4 Å². The second-order valence-electron chi connectivity index (χ2n) is 5.56. The van der Waals surface area contributed by atoms with Crippen molar-refractivity contribution in [3.63, 3.8) is 0 Å². The number of Topliss-reactive ketones (excluding diaryl/α,β-unsaturated/α-hetero) is 2. The molecule has 1 aliphatic rings. The SMILES string of the molecule is CC1=C(C)C(=O)C(CNCc2ccccc2)=[C-]C1=O.[Co].c1cc[cH-]c1. The molecule has 2 aromatic rings. The first-order valence-corrected chi connectivity index (χ1v) is 7.90. The van der Waals surface area contributed by atoms with Crippen LogP contribution in [0.5, 0.6) is 0 Å².